The Hall–Kier alpha value is -8.16. The third-order valence-electron chi connectivity index (χ3n) is 22.9. The molecule has 5 aromatic carbocycles. The number of para-hydroxylation sites is 1. The molecule has 6 heterocycles. The number of methoxy groups -OCH3 is 3. The van der Waals surface area contributed by atoms with Crippen LogP contribution < -0.4 is 33.2 Å². The molecular formula is C71H78ClN3O20. The number of ketones is 3. The van der Waals surface area contributed by atoms with E-state index in [4.69, 9.17) is 43.7 Å². The summed E-state index contributed by atoms with van der Waals surface area (Å²) in [5, 5.41) is 60.9. The molecule has 3 saturated heterocycles. The van der Waals surface area contributed by atoms with Gasteiger partial charge in [-0.3, -0.25) is 19.2 Å². The number of carbonyl (C=O) groups excluding carboxylic acids is 4. The van der Waals surface area contributed by atoms with Gasteiger partial charge in [0.1, 0.15) is 11.3 Å². The summed E-state index contributed by atoms with van der Waals surface area (Å²) >= 11 is 0. The van der Waals surface area contributed by atoms with Crippen LogP contribution in [0.25, 0.3) is 0 Å². The van der Waals surface area contributed by atoms with Crippen LogP contribution in [-0.2, 0) is 54.7 Å². The lowest BCUT2D eigenvalue weighted by atomic mass is 9.49. The predicted octanol–water partition coefficient (Wildman–Crippen LogP) is 5.96. The standard InChI is InChI=1S/3C18H21NO4.C9H8O4.C8H6O4.ClH/c3*1-19-8-7-17-14-10-3-4-12(22-2)15(14)23-16(17)11(20)5-6-18(17,21)13(19)9-10;1-6(10)13-8-5-3-2-4-7(8)9(11)12;9-7(10)5-1-2-6(4-3-5)8(11)12;/h3*3-4,13,16,21H,5-9H2,1-2H3;2-5H,1H3,(H,11,12);1-4H,(H,9,10)(H,11,12);1H/t3*13-,16+,17+,18-;;;/m111.../s1. The normalized spacial score (nSPS) is 31.9. The number of carboxylic acids is 3. The summed E-state index contributed by atoms with van der Waals surface area (Å²) in [7, 11) is 11.1. The van der Waals surface area contributed by atoms with Crippen molar-refractivity contribution in [2.75, 3.05) is 62.1 Å². The number of hydrogen-bond donors (Lipinski definition) is 6. The Morgan fingerprint density at radius 1 is 0.453 bits per heavy atom. The number of aliphatic hydroxyl groups is 3. The molecule has 0 aromatic heterocycles. The highest BCUT2D eigenvalue weighted by Gasteiger charge is 2.76. The van der Waals surface area contributed by atoms with Crippen molar-refractivity contribution in [3.8, 4) is 40.2 Å². The lowest BCUT2D eigenvalue weighted by Gasteiger charge is -2.62. The molecule has 0 radical (unpaired) electrons. The van der Waals surface area contributed by atoms with Gasteiger partial charge in [-0.05, 0) is 170 Å². The number of halogens is 1. The summed E-state index contributed by atoms with van der Waals surface area (Å²) in [6.45, 7) is 3.83. The van der Waals surface area contributed by atoms with Crippen LogP contribution in [0.15, 0.2) is 84.9 Å². The molecule has 3 saturated carbocycles. The number of ether oxygens (including phenoxy) is 7. The number of Topliss-reactive ketones (excluding diaryl/α,β-unsaturated/α-hetero) is 3. The van der Waals surface area contributed by atoms with Crippen LogP contribution in [0, 0.1) is 0 Å². The number of aromatic carboxylic acids is 3. The van der Waals surface area contributed by atoms with E-state index >= 15 is 0 Å². The van der Waals surface area contributed by atoms with Crippen molar-refractivity contribution in [1.29, 1.82) is 0 Å². The maximum atomic E-state index is 12.7. The van der Waals surface area contributed by atoms with Crippen LogP contribution >= 0.6 is 12.4 Å². The molecule has 6 N–H and O–H groups in total. The average Bonchev–Trinajstić information content (AvgIpc) is 1.65. The number of likely N-dealkylation sites (N-methyl/N-ethyl adjacent to an activating group) is 3. The van der Waals surface area contributed by atoms with Crippen LogP contribution in [0.4, 0.5) is 0 Å². The molecule has 0 unspecified atom stereocenters. The SMILES string of the molecule is CC(=O)Oc1ccccc1C(=O)O.COc1ccc2c3c1O[C@H]1C(=O)CC[C@@]4(O)[C@@H](C2)N(C)CC[C@]314.COc1ccc2c3c1O[C@H]1C(=O)CC[C@@]4(O)[C@@H](C2)N(C)CC[C@]314.COc1ccc2c3c1O[C@H]1C(=O)CC[C@@]4(O)[C@@H](C2)N(C)CC[C@]314.Cl.O=C(O)c1ccc(C(=O)O)cc1. The first kappa shape index (κ1) is 66.8. The monoisotopic (exact) mass is 1330 g/mol. The van der Waals surface area contributed by atoms with Gasteiger partial charge in [-0.25, -0.2) is 14.4 Å². The Bertz CT molecular complexity index is 3690. The largest absolute Gasteiger partial charge is 0.493 e. The van der Waals surface area contributed by atoms with Crippen LogP contribution in [0.2, 0.25) is 0 Å². The van der Waals surface area contributed by atoms with E-state index in [-0.39, 0.29) is 70.3 Å². The Morgan fingerprint density at radius 2 is 0.768 bits per heavy atom. The van der Waals surface area contributed by atoms with Gasteiger partial charge in [-0.1, -0.05) is 30.3 Å². The molecule has 17 rings (SSSR count). The highest BCUT2D eigenvalue weighted by molar-refractivity contribution is 5.94. The molecule has 23 nitrogen and oxygen atoms in total. The topological polar surface area (TPSA) is 315 Å². The first-order valence-corrected chi connectivity index (χ1v) is 31.8. The van der Waals surface area contributed by atoms with Crippen molar-refractivity contribution < 1.29 is 97.4 Å². The van der Waals surface area contributed by atoms with Crippen LogP contribution in [0.3, 0.4) is 0 Å². The van der Waals surface area contributed by atoms with Crippen LogP contribution in [-0.4, -0.2) is 202 Å². The van der Waals surface area contributed by atoms with Gasteiger partial charge in [0.15, 0.2) is 70.2 Å². The van der Waals surface area contributed by atoms with E-state index < -0.39 is 75.2 Å². The molecule has 6 aliphatic carbocycles. The van der Waals surface area contributed by atoms with Gasteiger partial charge in [0.25, 0.3) is 0 Å². The zero-order valence-corrected chi connectivity index (χ0v) is 54.6. The number of benzene rings is 5. The first-order chi connectivity index (χ1) is 44.8. The number of likely N-dealkylation sites (tertiary alicyclic amines) is 3. The Kier molecular flexibility index (Phi) is 17.0. The molecule has 6 fully saturated rings. The molecule has 12 aliphatic rings. The number of esters is 1. The fourth-order valence-electron chi connectivity index (χ4n) is 18.7. The summed E-state index contributed by atoms with van der Waals surface area (Å²) < 4.78 is 39.6. The average molecular weight is 1330 g/mol. The zero-order chi connectivity index (χ0) is 66.9. The molecule has 24 heteroatoms. The summed E-state index contributed by atoms with van der Waals surface area (Å²) in [5.74, 6) is 0.703. The maximum absolute atomic E-state index is 12.7. The predicted molar refractivity (Wildman–Crippen MR) is 341 cm³/mol. The number of hydrogen-bond acceptors (Lipinski definition) is 20. The van der Waals surface area contributed by atoms with E-state index in [0.717, 1.165) is 74.8 Å². The molecular weight excluding hydrogens is 1250 g/mol. The van der Waals surface area contributed by atoms with Crippen molar-refractivity contribution in [2.24, 2.45) is 0 Å². The fraction of sp³-hybridized carbons (Fsp3) is 0.479. The van der Waals surface area contributed by atoms with Crippen molar-refractivity contribution in [3.05, 3.63) is 135 Å². The molecule has 3 spiro atoms. The molecule has 5 aromatic rings. The van der Waals surface area contributed by atoms with E-state index in [2.05, 4.69) is 58.8 Å². The highest BCUT2D eigenvalue weighted by Crippen LogP contribution is 2.68. The Balaban J connectivity index is 0.000000116. The minimum atomic E-state index is -1.11. The van der Waals surface area contributed by atoms with Gasteiger partial charge in [0.2, 0.25) is 0 Å². The van der Waals surface area contributed by atoms with Crippen molar-refractivity contribution in [3.63, 3.8) is 0 Å². The van der Waals surface area contributed by atoms with Gasteiger partial charge in [0, 0.05) is 61.0 Å². The summed E-state index contributed by atoms with van der Waals surface area (Å²) in [5.41, 5.74) is 2.36. The van der Waals surface area contributed by atoms with E-state index in [9.17, 15) is 48.9 Å². The van der Waals surface area contributed by atoms with Gasteiger partial charge in [-0.2, -0.15) is 0 Å². The van der Waals surface area contributed by atoms with Gasteiger partial charge >= 0.3 is 23.9 Å². The fourth-order valence-corrected chi connectivity index (χ4v) is 18.7. The third kappa shape index (κ3) is 9.59. The van der Waals surface area contributed by atoms with Crippen LogP contribution in [0.5, 0.6) is 40.2 Å². The van der Waals surface area contributed by atoms with Gasteiger partial charge < -0.3 is 78.5 Å². The maximum Gasteiger partial charge on any atom is 0.339 e. The summed E-state index contributed by atoms with van der Waals surface area (Å²) in [4.78, 5) is 86.6. The smallest absolute Gasteiger partial charge is 0.339 e. The lowest BCUT2D eigenvalue weighted by molar-refractivity contribution is -0.185. The molecule has 95 heavy (non-hydrogen) atoms. The molecule has 12 atom stereocenters. The Morgan fingerprint density at radius 3 is 1.05 bits per heavy atom. The van der Waals surface area contributed by atoms with E-state index in [1.165, 1.54) is 60.0 Å². The summed E-state index contributed by atoms with van der Waals surface area (Å²) in [6, 6.07) is 23.1. The van der Waals surface area contributed by atoms with Gasteiger partial charge in [-0.15, -0.1) is 12.4 Å². The molecule has 6 aliphatic heterocycles. The van der Waals surface area contributed by atoms with E-state index in [0.29, 0.717) is 73.0 Å². The summed E-state index contributed by atoms with van der Waals surface area (Å²) in [6.07, 6.45) is 5.68. The number of rotatable bonds is 7. The zero-order valence-electron chi connectivity index (χ0n) is 53.8. The quantitative estimate of drug-likeness (QED) is 0.0809. The van der Waals surface area contributed by atoms with Crippen molar-refractivity contribution in [2.45, 2.75) is 153 Å². The third-order valence-corrected chi connectivity index (χ3v) is 22.9. The highest BCUT2D eigenvalue weighted by atomic mass is 35.5. The van der Waals surface area contributed by atoms with Crippen molar-refractivity contribution >= 4 is 53.6 Å². The van der Waals surface area contributed by atoms with Crippen molar-refractivity contribution in [1.82, 2.24) is 14.7 Å². The second-order valence-corrected chi connectivity index (χ2v) is 26.9. The number of nitrogens with zero attached hydrogens (tertiary/aromatic N) is 3. The van der Waals surface area contributed by atoms with Crippen LogP contribution in [0.1, 0.15) is 129 Å². The minimum Gasteiger partial charge on any atom is -0.493 e. The molecule has 6 bridgehead atoms. The van der Waals surface area contributed by atoms with E-state index in [1.807, 2.05) is 18.2 Å². The first-order valence-electron chi connectivity index (χ1n) is 31.8. The second-order valence-electron chi connectivity index (χ2n) is 26.9. The Labute approximate surface area is 554 Å². The molecule has 504 valence electrons. The van der Waals surface area contributed by atoms with E-state index in [1.54, 1.807) is 33.5 Å². The number of piperidine rings is 3. The minimum absolute atomic E-state index is 0. The van der Waals surface area contributed by atoms with Gasteiger partial charge in [0.05, 0.1) is 65.5 Å². The number of carbonyl (C=O) groups is 7. The molecule has 0 amide bonds. The second kappa shape index (κ2) is 24.2. The number of carboxylic acid groups (broad SMARTS) is 3. The lowest BCUT2D eigenvalue weighted by Crippen LogP contribution is -2.76.